The van der Waals surface area contributed by atoms with Crippen LogP contribution in [0.5, 0.6) is 0 Å². The molecule has 0 amide bonds. The summed E-state index contributed by atoms with van der Waals surface area (Å²) in [5.41, 5.74) is 0. The Morgan fingerprint density at radius 1 is 1.71 bits per heavy atom. The van der Waals surface area contributed by atoms with Crippen molar-refractivity contribution < 1.29 is 19.7 Å². The fourth-order valence-corrected chi connectivity index (χ4v) is 0.995. The Morgan fingerprint density at radius 2 is 2.36 bits per heavy atom. The molecule has 14 heavy (non-hydrogen) atoms. The number of carbonyl (C=O) groups is 1. The predicted molar refractivity (Wildman–Crippen MR) is 52.2 cm³/mol. The molecular weight excluding hydrogens is 186 g/mol. The Labute approximate surface area is 83.6 Å². The first-order chi connectivity index (χ1) is 6.56. The van der Waals surface area contributed by atoms with E-state index in [0.29, 0.717) is 6.61 Å². The number of aliphatic hydroxyl groups is 1. The van der Waals surface area contributed by atoms with Crippen LogP contribution in [0.15, 0.2) is 12.7 Å². The van der Waals surface area contributed by atoms with E-state index in [-0.39, 0.29) is 19.7 Å². The molecule has 0 fully saturated rings. The quantitative estimate of drug-likeness (QED) is 0.413. The number of ether oxygens (including phenoxy) is 1. The molecule has 0 radical (unpaired) electrons. The average Bonchev–Trinajstić information content (AvgIpc) is 2.02. The molecule has 0 aliphatic carbocycles. The van der Waals surface area contributed by atoms with Crippen molar-refractivity contribution in [3.63, 3.8) is 0 Å². The summed E-state index contributed by atoms with van der Waals surface area (Å²) in [4.78, 5) is 11.8. The van der Waals surface area contributed by atoms with Crippen LogP contribution >= 0.6 is 0 Å². The van der Waals surface area contributed by atoms with Crippen molar-refractivity contribution in [3.05, 3.63) is 12.7 Å². The molecule has 1 atom stereocenters. The Hall–Kier alpha value is -0.910. The van der Waals surface area contributed by atoms with Gasteiger partial charge in [-0.25, -0.2) is 0 Å². The fraction of sp³-hybridized carbons (Fsp3) is 0.667. The SMILES string of the molecule is C=CCOCC(O)CN(C)CC(=O)O. The van der Waals surface area contributed by atoms with Crippen molar-refractivity contribution >= 4 is 5.97 Å². The number of hydrogen-bond donors (Lipinski definition) is 2. The molecule has 0 aliphatic rings. The molecule has 0 aromatic rings. The van der Waals surface area contributed by atoms with Crippen molar-refractivity contribution in [1.29, 1.82) is 0 Å². The first-order valence-corrected chi connectivity index (χ1v) is 4.33. The van der Waals surface area contributed by atoms with Crippen LogP contribution in [0.3, 0.4) is 0 Å². The van der Waals surface area contributed by atoms with Gasteiger partial charge in [-0.2, -0.15) is 0 Å². The maximum atomic E-state index is 10.3. The zero-order valence-corrected chi connectivity index (χ0v) is 8.35. The molecule has 5 heteroatoms. The molecule has 0 saturated heterocycles. The minimum Gasteiger partial charge on any atom is -0.480 e. The third kappa shape index (κ3) is 7.72. The van der Waals surface area contributed by atoms with Crippen molar-refractivity contribution in [2.75, 3.05) is 33.4 Å². The Kier molecular flexibility index (Phi) is 7.00. The van der Waals surface area contributed by atoms with E-state index >= 15 is 0 Å². The number of rotatable bonds is 8. The molecule has 0 aliphatic heterocycles. The molecule has 5 nitrogen and oxygen atoms in total. The molecular formula is C9H17NO4. The third-order valence-corrected chi connectivity index (χ3v) is 1.47. The van der Waals surface area contributed by atoms with Crippen molar-refractivity contribution in [2.24, 2.45) is 0 Å². The first kappa shape index (κ1) is 13.1. The van der Waals surface area contributed by atoms with Crippen LogP contribution in [0.4, 0.5) is 0 Å². The van der Waals surface area contributed by atoms with E-state index in [0.717, 1.165) is 0 Å². The molecule has 0 aromatic heterocycles. The van der Waals surface area contributed by atoms with Gasteiger partial charge in [-0.05, 0) is 7.05 Å². The van der Waals surface area contributed by atoms with Gasteiger partial charge in [0, 0.05) is 6.54 Å². The lowest BCUT2D eigenvalue weighted by atomic mass is 10.3. The molecule has 0 spiro atoms. The summed E-state index contributed by atoms with van der Waals surface area (Å²) in [5, 5.41) is 17.8. The average molecular weight is 203 g/mol. The molecule has 2 N–H and O–H groups in total. The lowest BCUT2D eigenvalue weighted by Gasteiger charge is -2.18. The van der Waals surface area contributed by atoms with E-state index in [1.807, 2.05) is 0 Å². The third-order valence-electron chi connectivity index (χ3n) is 1.47. The highest BCUT2D eigenvalue weighted by Crippen LogP contribution is 1.91. The van der Waals surface area contributed by atoms with Crippen LogP contribution in [0.1, 0.15) is 0 Å². The number of likely N-dealkylation sites (N-methyl/N-ethyl adjacent to an activating group) is 1. The van der Waals surface area contributed by atoms with Gasteiger partial charge in [0.25, 0.3) is 0 Å². The molecule has 0 saturated carbocycles. The number of aliphatic hydroxyl groups excluding tert-OH is 1. The van der Waals surface area contributed by atoms with Crippen molar-refractivity contribution in [3.8, 4) is 0 Å². The Morgan fingerprint density at radius 3 is 2.86 bits per heavy atom. The van der Waals surface area contributed by atoms with Gasteiger partial charge in [0.2, 0.25) is 0 Å². The van der Waals surface area contributed by atoms with Gasteiger partial charge in [-0.3, -0.25) is 9.69 Å². The normalized spacial score (nSPS) is 12.8. The summed E-state index contributed by atoms with van der Waals surface area (Å²) >= 11 is 0. The Balaban J connectivity index is 3.54. The van der Waals surface area contributed by atoms with E-state index in [2.05, 4.69) is 6.58 Å². The highest BCUT2D eigenvalue weighted by Gasteiger charge is 2.10. The summed E-state index contributed by atoms with van der Waals surface area (Å²) in [5.74, 6) is -0.910. The smallest absolute Gasteiger partial charge is 0.317 e. The van der Waals surface area contributed by atoms with E-state index in [4.69, 9.17) is 9.84 Å². The second-order valence-corrected chi connectivity index (χ2v) is 3.07. The summed E-state index contributed by atoms with van der Waals surface area (Å²) in [6, 6.07) is 0. The van der Waals surface area contributed by atoms with Crippen LogP contribution in [-0.4, -0.2) is 60.5 Å². The maximum absolute atomic E-state index is 10.3. The molecule has 1 unspecified atom stereocenters. The lowest BCUT2D eigenvalue weighted by Crippen LogP contribution is -2.35. The summed E-state index contributed by atoms with van der Waals surface area (Å²) in [7, 11) is 1.63. The van der Waals surface area contributed by atoms with Crippen LogP contribution < -0.4 is 0 Å². The standard InChI is InChI=1S/C9H17NO4/c1-3-4-14-7-8(11)5-10(2)6-9(12)13/h3,8,11H,1,4-7H2,2H3,(H,12,13). The van der Waals surface area contributed by atoms with Crippen LogP contribution in [0, 0.1) is 0 Å². The molecule has 0 aromatic carbocycles. The summed E-state index contributed by atoms with van der Waals surface area (Å²) in [6.45, 7) is 4.24. The lowest BCUT2D eigenvalue weighted by molar-refractivity contribution is -0.138. The van der Waals surface area contributed by atoms with Gasteiger partial charge in [0.1, 0.15) is 0 Å². The number of carboxylic acid groups (broad SMARTS) is 1. The van der Waals surface area contributed by atoms with Gasteiger partial charge < -0.3 is 14.9 Å². The number of nitrogens with zero attached hydrogens (tertiary/aromatic N) is 1. The zero-order chi connectivity index (χ0) is 11.0. The van der Waals surface area contributed by atoms with Crippen molar-refractivity contribution in [2.45, 2.75) is 6.10 Å². The van der Waals surface area contributed by atoms with Crippen LogP contribution in [-0.2, 0) is 9.53 Å². The largest absolute Gasteiger partial charge is 0.480 e. The number of hydrogen-bond acceptors (Lipinski definition) is 4. The van der Waals surface area contributed by atoms with E-state index in [9.17, 15) is 9.90 Å². The van der Waals surface area contributed by atoms with E-state index in [1.165, 1.54) is 4.90 Å². The Bertz CT molecular complexity index is 184. The predicted octanol–water partition coefficient (Wildman–Crippen LogP) is -0.434. The monoisotopic (exact) mass is 203 g/mol. The number of aliphatic carboxylic acids is 1. The molecule has 0 heterocycles. The highest BCUT2D eigenvalue weighted by molar-refractivity contribution is 5.68. The van der Waals surface area contributed by atoms with Gasteiger partial charge in [0.05, 0.1) is 25.9 Å². The van der Waals surface area contributed by atoms with Gasteiger partial charge in [-0.15, -0.1) is 6.58 Å². The second-order valence-electron chi connectivity index (χ2n) is 3.07. The first-order valence-electron chi connectivity index (χ1n) is 4.33. The van der Waals surface area contributed by atoms with Gasteiger partial charge in [0.15, 0.2) is 0 Å². The molecule has 0 rings (SSSR count). The minimum absolute atomic E-state index is 0.0848. The fourth-order valence-electron chi connectivity index (χ4n) is 0.995. The van der Waals surface area contributed by atoms with Gasteiger partial charge in [-0.1, -0.05) is 6.08 Å². The van der Waals surface area contributed by atoms with Crippen molar-refractivity contribution in [1.82, 2.24) is 4.90 Å². The molecule has 82 valence electrons. The second kappa shape index (κ2) is 7.49. The van der Waals surface area contributed by atoms with Gasteiger partial charge >= 0.3 is 5.97 Å². The number of carboxylic acids is 1. The van der Waals surface area contributed by atoms with Crippen LogP contribution in [0.2, 0.25) is 0 Å². The van der Waals surface area contributed by atoms with E-state index < -0.39 is 12.1 Å². The van der Waals surface area contributed by atoms with Crippen LogP contribution in [0.25, 0.3) is 0 Å². The summed E-state index contributed by atoms with van der Waals surface area (Å²) in [6.07, 6.45) is 0.924. The summed E-state index contributed by atoms with van der Waals surface area (Å²) < 4.78 is 5.01. The molecule has 0 bridgehead atoms. The minimum atomic E-state index is -0.910. The topological polar surface area (TPSA) is 70.0 Å². The maximum Gasteiger partial charge on any atom is 0.317 e. The van der Waals surface area contributed by atoms with E-state index in [1.54, 1.807) is 13.1 Å². The zero-order valence-electron chi connectivity index (χ0n) is 8.35. The highest BCUT2D eigenvalue weighted by atomic mass is 16.5.